The Labute approximate surface area is 104 Å². The van der Waals surface area contributed by atoms with Crippen molar-refractivity contribution in [3.63, 3.8) is 0 Å². The Bertz CT molecular complexity index is 573. The molecule has 92 valence electrons. The fraction of sp³-hybridized carbons (Fsp3) is 0.286. The first-order chi connectivity index (χ1) is 8.77. The second kappa shape index (κ2) is 4.46. The minimum atomic E-state index is -0.928. The number of pyridine rings is 2. The number of aliphatic hydroxyl groups is 1. The van der Waals surface area contributed by atoms with E-state index < -0.39 is 11.9 Å². The molecule has 0 fully saturated rings. The van der Waals surface area contributed by atoms with Crippen LogP contribution in [0, 0.1) is 5.82 Å². The lowest BCUT2D eigenvalue weighted by Crippen LogP contribution is -2.12. The summed E-state index contributed by atoms with van der Waals surface area (Å²) in [7, 11) is 0. The van der Waals surface area contributed by atoms with Crippen molar-refractivity contribution < 1.29 is 9.50 Å². The van der Waals surface area contributed by atoms with Crippen LogP contribution in [0.15, 0.2) is 36.7 Å². The quantitative estimate of drug-likeness (QED) is 0.882. The molecule has 4 heteroatoms. The van der Waals surface area contributed by atoms with Crippen LogP contribution in [0.1, 0.15) is 35.4 Å². The number of aliphatic hydroxyl groups excluding tert-OH is 1. The molecule has 1 aliphatic carbocycles. The second-order valence-electron chi connectivity index (χ2n) is 4.51. The molecule has 1 N–H and O–H groups in total. The van der Waals surface area contributed by atoms with Gasteiger partial charge in [0.05, 0.1) is 0 Å². The number of nitrogens with zero attached hydrogens (tertiary/aromatic N) is 2. The number of fused-ring (bicyclic) bond motifs is 1. The minimum absolute atomic E-state index is 0.112. The third-order valence-corrected chi connectivity index (χ3v) is 3.45. The van der Waals surface area contributed by atoms with Crippen LogP contribution in [-0.2, 0) is 6.42 Å². The molecule has 2 heterocycles. The number of aryl methyl sites for hydroxylation is 1. The highest BCUT2D eigenvalue weighted by Gasteiger charge is 2.32. The normalized spacial score (nSPS) is 19.6. The summed E-state index contributed by atoms with van der Waals surface area (Å²) in [5.41, 5.74) is 2.12. The summed E-state index contributed by atoms with van der Waals surface area (Å²) >= 11 is 0. The maximum atomic E-state index is 13.6. The van der Waals surface area contributed by atoms with Crippen molar-refractivity contribution in [2.45, 2.75) is 24.9 Å². The van der Waals surface area contributed by atoms with Crippen molar-refractivity contribution in [1.29, 1.82) is 0 Å². The van der Waals surface area contributed by atoms with Gasteiger partial charge in [0.2, 0.25) is 0 Å². The third kappa shape index (κ3) is 1.78. The van der Waals surface area contributed by atoms with Gasteiger partial charge in [-0.1, -0.05) is 6.07 Å². The highest BCUT2D eigenvalue weighted by atomic mass is 19.1. The Morgan fingerprint density at radius 1 is 1.22 bits per heavy atom. The Kier molecular flexibility index (Phi) is 2.80. The van der Waals surface area contributed by atoms with E-state index >= 15 is 0 Å². The van der Waals surface area contributed by atoms with Gasteiger partial charge in [0.1, 0.15) is 17.6 Å². The molecular weight excluding hydrogens is 231 g/mol. The molecule has 2 aromatic rings. The molecule has 1 aliphatic rings. The first-order valence-corrected chi connectivity index (χ1v) is 5.99. The van der Waals surface area contributed by atoms with Crippen LogP contribution in [0.3, 0.4) is 0 Å². The van der Waals surface area contributed by atoms with Crippen LogP contribution >= 0.6 is 0 Å². The summed E-state index contributed by atoms with van der Waals surface area (Å²) in [5, 5.41) is 10.3. The summed E-state index contributed by atoms with van der Waals surface area (Å²) in [6.07, 6.45) is 3.93. The van der Waals surface area contributed by atoms with Crippen molar-refractivity contribution in [3.05, 3.63) is 59.4 Å². The smallest absolute Gasteiger partial charge is 0.147 e. The number of hydrogen-bond donors (Lipinski definition) is 1. The molecule has 2 aromatic heterocycles. The molecule has 0 spiro atoms. The monoisotopic (exact) mass is 244 g/mol. The molecule has 0 radical (unpaired) electrons. The van der Waals surface area contributed by atoms with Crippen molar-refractivity contribution in [3.8, 4) is 0 Å². The highest BCUT2D eigenvalue weighted by molar-refractivity contribution is 5.31. The summed E-state index contributed by atoms with van der Waals surface area (Å²) in [6.45, 7) is 0. The van der Waals surface area contributed by atoms with E-state index in [0.717, 1.165) is 24.1 Å². The zero-order chi connectivity index (χ0) is 12.5. The van der Waals surface area contributed by atoms with Crippen LogP contribution in [-0.4, -0.2) is 15.1 Å². The van der Waals surface area contributed by atoms with Gasteiger partial charge in [-0.3, -0.25) is 9.97 Å². The van der Waals surface area contributed by atoms with Crippen molar-refractivity contribution in [2.24, 2.45) is 0 Å². The lowest BCUT2D eigenvalue weighted by atomic mass is 9.96. The predicted molar refractivity (Wildman–Crippen MR) is 64.5 cm³/mol. The molecule has 2 unspecified atom stereocenters. The van der Waals surface area contributed by atoms with Gasteiger partial charge in [0, 0.05) is 24.0 Å². The van der Waals surface area contributed by atoms with Gasteiger partial charge in [-0.15, -0.1) is 0 Å². The first kappa shape index (κ1) is 11.3. The molecule has 18 heavy (non-hydrogen) atoms. The summed E-state index contributed by atoms with van der Waals surface area (Å²) in [6, 6.07) is 6.73. The van der Waals surface area contributed by atoms with E-state index in [9.17, 15) is 9.50 Å². The van der Waals surface area contributed by atoms with Gasteiger partial charge in [-0.05, 0) is 36.6 Å². The summed E-state index contributed by atoms with van der Waals surface area (Å²) in [4.78, 5) is 8.25. The van der Waals surface area contributed by atoms with Crippen LogP contribution < -0.4 is 0 Å². The topological polar surface area (TPSA) is 46.0 Å². The number of rotatable bonds is 2. The van der Waals surface area contributed by atoms with E-state index in [1.54, 1.807) is 6.20 Å². The van der Waals surface area contributed by atoms with E-state index in [4.69, 9.17) is 0 Å². The van der Waals surface area contributed by atoms with E-state index in [2.05, 4.69) is 9.97 Å². The molecule has 0 bridgehead atoms. The fourth-order valence-electron chi connectivity index (χ4n) is 2.56. The standard InChI is InChI=1S/C14H13FN2O/c15-11-4-2-8-17-13(11)14(18)10-6-5-9-3-1-7-16-12(9)10/h1-4,7-8,10,14,18H,5-6H2. The zero-order valence-electron chi connectivity index (χ0n) is 9.75. The van der Waals surface area contributed by atoms with Crippen molar-refractivity contribution >= 4 is 0 Å². The first-order valence-electron chi connectivity index (χ1n) is 5.99. The third-order valence-electron chi connectivity index (χ3n) is 3.45. The lowest BCUT2D eigenvalue weighted by Gasteiger charge is -2.18. The Hall–Kier alpha value is -1.81. The lowest BCUT2D eigenvalue weighted by molar-refractivity contribution is 0.134. The molecular formula is C14H13FN2O. The predicted octanol–water partition coefficient (Wildman–Crippen LogP) is 2.38. The molecule has 3 nitrogen and oxygen atoms in total. The van der Waals surface area contributed by atoms with Gasteiger partial charge in [-0.2, -0.15) is 0 Å². The molecule has 0 amide bonds. The second-order valence-corrected chi connectivity index (χ2v) is 4.51. The fourth-order valence-corrected chi connectivity index (χ4v) is 2.56. The number of hydrogen-bond acceptors (Lipinski definition) is 3. The molecule has 0 saturated carbocycles. The average Bonchev–Trinajstić information content (AvgIpc) is 2.82. The molecule has 0 saturated heterocycles. The highest BCUT2D eigenvalue weighted by Crippen LogP contribution is 2.40. The van der Waals surface area contributed by atoms with Crippen molar-refractivity contribution in [1.82, 2.24) is 9.97 Å². The van der Waals surface area contributed by atoms with Gasteiger partial charge in [0.25, 0.3) is 0 Å². The summed E-state index contributed by atoms with van der Waals surface area (Å²) < 4.78 is 13.6. The Morgan fingerprint density at radius 2 is 2.00 bits per heavy atom. The van der Waals surface area contributed by atoms with Gasteiger partial charge >= 0.3 is 0 Å². The maximum absolute atomic E-state index is 13.6. The Morgan fingerprint density at radius 3 is 2.83 bits per heavy atom. The van der Waals surface area contributed by atoms with E-state index in [1.165, 1.54) is 18.3 Å². The number of halogens is 1. The SMILES string of the molecule is OC(c1ncccc1F)C1CCc2cccnc21. The number of aromatic nitrogens is 2. The van der Waals surface area contributed by atoms with Crippen LogP contribution in [0.2, 0.25) is 0 Å². The largest absolute Gasteiger partial charge is 0.386 e. The summed E-state index contributed by atoms with van der Waals surface area (Å²) in [5.74, 6) is -0.625. The van der Waals surface area contributed by atoms with Crippen molar-refractivity contribution in [2.75, 3.05) is 0 Å². The van der Waals surface area contributed by atoms with Crippen LogP contribution in [0.5, 0.6) is 0 Å². The van der Waals surface area contributed by atoms with E-state index in [1.807, 2.05) is 12.1 Å². The van der Waals surface area contributed by atoms with Gasteiger partial charge in [-0.25, -0.2) is 4.39 Å². The van der Waals surface area contributed by atoms with Gasteiger partial charge in [0.15, 0.2) is 0 Å². The molecule has 0 aromatic carbocycles. The van der Waals surface area contributed by atoms with Gasteiger partial charge < -0.3 is 5.11 Å². The minimum Gasteiger partial charge on any atom is -0.386 e. The zero-order valence-corrected chi connectivity index (χ0v) is 9.75. The van der Waals surface area contributed by atoms with Crippen LogP contribution in [0.4, 0.5) is 4.39 Å². The molecule has 2 atom stereocenters. The van der Waals surface area contributed by atoms with Crippen LogP contribution in [0.25, 0.3) is 0 Å². The van der Waals surface area contributed by atoms with E-state index in [0.29, 0.717) is 0 Å². The molecule has 0 aliphatic heterocycles. The Balaban J connectivity index is 1.96. The average molecular weight is 244 g/mol. The maximum Gasteiger partial charge on any atom is 0.147 e. The molecule has 3 rings (SSSR count). The van der Waals surface area contributed by atoms with E-state index in [-0.39, 0.29) is 11.6 Å².